The van der Waals surface area contributed by atoms with Gasteiger partial charge in [0.25, 0.3) is 11.6 Å². The lowest BCUT2D eigenvalue weighted by molar-refractivity contribution is -0.384. The van der Waals surface area contributed by atoms with Crippen molar-refractivity contribution < 1.29 is 19.2 Å². The first-order chi connectivity index (χ1) is 11.5. The van der Waals surface area contributed by atoms with E-state index < -0.39 is 10.8 Å². The number of carbonyl (C=O) groups is 1. The van der Waals surface area contributed by atoms with E-state index in [2.05, 4.69) is 21.2 Å². The fraction of sp³-hybridized carbons (Fsp3) is 0.188. The number of anilines is 1. The molecule has 2 aromatic carbocycles. The maximum absolute atomic E-state index is 12.6. The molecule has 2 rings (SSSR count). The maximum Gasteiger partial charge on any atom is 0.271 e. The molecule has 0 radical (unpaired) electrons. The van der Waals surface area contributed by atoms with Crippen molar-refractivity contribution in [1.29, 1.82) is 0 Å². The van der Waals surface area contributed by atoms with E-state index in [-0.39, 0.29) is 11.4 Å². The van der Waals surface area contributed by atoms with Crippen molar-refractivity contribution in [2.24, 2.45) is 0 Å². The van der Waals surface area contributed by atoms with Crippen LogP contribution >= 0.6 is 15.9 Å². The first-order valence-electron chi connectivity index (χ1n) is 7.02. The third-order valence-corrected chi connectivity index (χ3v) is 3.62. The molecule has 0 fully saturated rings. The maximum atomic E-state index is 12.6. The van der Waals surface area contributed by atoms with Crippen molar-refractivity contribution in [3.8, 4) is 11.5 Å². The van der Waals surface area contributed by atoms with Crippen LogP contribution in [0.15, 0.2) is 40.9 Å². The number of hydrogen-bond acceptors (Lipinski definition) is 5. The minimum atomic E-state index is -0.542. The van der Waals surface area contributed by atoms with Gasteiger partial charge >= 0.3 is 0 Å². The van der Waals surface area contributed by atoms with Crippen molar-refractivity contribution >= 4 is 33.2 Å². The predicted molar refractivity (Wildman–Crippen MR) is 92.9 cm³/mol. The van der Waals surface area contributed by atoms with Gasteiger partial charge in [0.2, 0.25) is 0 Å². The Morgan fingerprint density at radius 2 is 1.96 bits per heavy atom. The average molecular weight is 395 g/mol. The predicted octanol–water partition coefficient (Wildman–Crippen LogP) is 4.02. The fourth-order valence-electron chi connectivity index (χ4n) is 2.06. The summed E-state index contributed by atoms with van der Waals surface area (Å²) in [6.07, 6.45) is 0. The lowest BCUT2D eigenvalue weighted by atomic mass is 10.1. The Hall–Kier alpha value is -2.61. The molecule has 1 N–H and O–H groups in total. The number of rotatable bonds is 6. The monoisotopic (exact) mass is 394 g/mol. The second-order valence-electron chi connectivity index (χ2n) is 4.67. The topological polar surface area (TPSA) is 90.7 Å². The highest BCUT2D eigenvalue weighted by atomic mass is 79.9. The molecule has 0 saturated carbocycles. The van der Waals surface area contributed by atoms with E-state index in [4.69, 9.17) is 9.47 Å². The molecule has 24 heavy (non-hydrogen) atoms. The molecule has 0 unspecified atom stereocenters. The number of hydrogen-bond donors (Lipinski definition) is 1. The Balaban J connectivity index is 2.37. The largest absolute Gasteiger partial charge is 0.495 e. The van der Waals surface area contributed by atoms with Crippen molar-refractivity contribution in [3.63, 3.8) is 0 Å². The van der Waals surface area contributed by atoms with Crippen molar-refractivity contribution in [1.82, 2.24) is 0 Å². The summed E-state index contributed by atoms with van der Waals surface area (Å²) < 4.78 is 11.3. The summed E-state index contributed by atoms with van der Waals surface area (Å²) in [6, 6.07) is 9.03. The van der Waals surface area contributed by atoms with Crippen molar-refractivity contribution in [2.75, 3.05) is 19.0 Å². The van der Waals surface area contributed by atoms with E-state index >= 15 is 0 Å². The summed E-state index contributed by atoms with van der Waals surface area (Å²) >= 11 is 3.31. The van der Waals surface area contributed by atoms with Crippen LogP contribution in [0.5, 0.6) is 11.5 Å². The second-order valence-corrected chi connectivity index (χ2v) is 5.58. The van der Waals surface area contributed by atoms with E-state index in [1.165, 1.54) is 25.3 Å². The number of non-ortho nitro benzene ring substituents is 1. The van der Waals surface area contributed by atoms with Crippen LogP contribution in [0.3, 0.4) is 0 Å². The molecule has 126 valence electrons. The van der Waals surface area contributed by atoms with Gasteiger partial charge in [-0.2, -0.15) is 0 Å². The minimum Gasteiger partial charge on any atom is -0.495 e. The normalized spacial score (nSPS) is 10.1. The SMILES string of the molecule is CCOc1ccc(Br)cc1C(=O)Nc1cc([N+](=O)[O-])ccc1OC. The zero-order valence-corrected chi connectivity index (χ0v) is 14.6. The zero-order chi connectivity index (χ0) is 17.7. The van der Waals surface area contributed by atoms with Gasteiger partial charge in [-0.25, -0.2) is 0 Å². The van der Waals surface area contributed by atoms with Crippen molar-refractivity contribution in [2.45, 2.75) is 6.92 Å². The van der Waals surface area contributed by atoms with E-state index in [0.717, 1.165) is 0 Å². The number of nitro benzene ring substituents is 1. The highest BCUT2D eigenvalue weighted by Gasteiger charge is 2.17. The Morgan fingerprint density at radius 1 is 1.25 bits per heavy atom. The highest BCUT2D eigenvalue weighted by molar-refractivity contribution is 9.10. The van der Waals surface area contributed by atoms with Gasteiger partial charge in [-0.3, -0.25) is 14.9 Å². The van der Waals surface area contributed by atoms with Crippen LogP contribution in [-0.2, 0) is 0 Å². The number of carbonyl (C=O) groups excluding carboxylic acids is 1. The molecule has 0 aliphatic carbocycles. The molecule has 0 aromatic heterocycles. The summed E-state index contributed by atoms with van der Waals surface area (Å²) in [4.78, 5) is 23.0. The van der Waals surface area contributed by atoms with Crippen LogP contribution in [0.25, 0.3) is 0 Å². The molecular weight excluding hydrogens is 380 g/mol. The molecule has 2 aromatic rings. The molecule has 0 aliphatic heterocycles. The zero-order valence-electron chi connectivity index (χ0n) is 13.0. The number of amides is 1. The minimum absolute atomic E-state index is 0.148. The van der Waals surface area contributed by atoms with Crippen LogP contribution in [-0.4, -0.2) is 24.5 Å². The van der Waals surface area contributed by atoms with Crippen LogP contribution in [0.2, 0.25) is 0 Å². The summed E-state index contributed by atoms with van der Waals surface area (Å²) in [6.45, 7) is 2.22. The lowest BCUT2D eigenvalue weighted by Crippen LogP contribution is -2.14. The third kappa shape index (κ3) is 4.02. The number of benzene rings is 2. The van der Waals surface area contributed by atoms with Gasteiger partial charge in [0, 0.05) is 16.6 Å². The van der Waals surface area contributed by atoms with Gasteiger partial charge in [-0.15, -0.1) is 0 Å². The Morgan fingerprint density at radius 3 is 2.58 bits per heavy atom. The molecule has 8 heteroatoms. The van der Waals surface area contributed by atoms with Gasteiger partial charge in [0.15, 0.2) is 0 Å². The smallest absolute Gasteiger partial charge is 0.271 e. The van der Waals surface area contributed by atoms with E-state index in [0.29, 0.717) is 28.1 Å². The fourth-order valence-corrected chi connectivity index (χ4v) is 2.42. The number of ether oxygens (including phenoxy) is 2. The molecule has 0 saturated heterocycles. The first kappa shape index (κ1) is 17.7. The molecule has 0 aliphatic rings. The number of methoxy groups -OCH3 is 1. The molecule has 1 amide bonds. The van der Waals surface area contributed by atoms with E-state index in [9.17, 15) is 14.9 Å². The summed E-state index contributed by atoms with van der Waals surface area (Å²) in [7, 11) is 1.42. The highest BCUT2D eigenvalue weighted by Crippen LogP contribution is 2.31. The average Bonchev–Trinajstić information content (AvgIpc) is 2.56. The Bertz CT molecular complexity index is 779. The van der Waals surface area contributed by atoms with Crippen LogP contribution in [0.1, 0.15) is 17.3 Å². The van der Waals surface area contributed by atoms with Crippen molar-refractivity contribution in [3.05, 3.63) is 56.5 Å². The van der Waals surface area contributed by atoms with E-state index in [1.807, 2.05) is 6.92 Å². The number of nitro groups is 1. The molecular formula is C16H15BrN2O5. The number of nitrogens with one attached hydrogen (secondary N) is 1. The van der Waals surface area contributed by atoms with Gasteiger partial charge in [0.05, 0.1) is 29.9 Å². The van der Waals surface area contributed by atoms with Crippen LogP contribution in [0, 0.1) is 10.1 Å². The van der Waals surface area contributed by atoms with E-state index in [1.54, 1.807) is 18.2 Å². The molecule has 0 atom stereocenters. The second kappa shape index (κ2) is 7.78. The first-order valence-corrected chi connectivity index (χ1v) is 7.81. The quantitative estimate of drug-likeness (QED) is 0.590. The number of nitrogens with zero attached hydrogens (tertiary/aromatic N) is 1. The van der Waals surface area contributed by atoms with Gasteiger partial charge in [0.1, 0.15) is 11.5 Å². The third-order valence-electron chi connectivity index (χ3n) is 3.13. The van der Waals surface area contributed by atoms with Crippen LogP contribution < -0.4 is 14.8 Å². The van der Waals surface area contributed by atoms with Gasteiger partial charge < -0.3 is 14.8 Å². The lowest BCUT2D eigenvalue weighted by Gasteiger charge is -2.13. The summed E-state index contributed by atoms with van der Waals surface area (Å²) in [5.41, 5.74) is 0.365. The van der Waals surface area contributed by atoms with Gasteiger partial charge in [-0.05, 0) is 31.2 Å². The van der Waals surface area contributed by atoms with Crippen LogP contribution in [0.4, 0.5) is 11.4 Å². The molecule has 7 nitrogen and oxygen atoms in total. The Labute approximate surface area is 146 Å². The molecule has 0 spiro atoms. The Kier molecular flexibility index (Phi) is 5.75. The summed E-state index contributed by atoms with van der Waals surface area (Å²) in [5.74, 6) is 0.281. The summed E-state index contributed by atoms with van der Waals surface area (Å²) in [5, 5.41) is 13.5. The standard InChI is InChI=1S/C16H15BrN2O5/c1-3-24-14-6-4-10(17)8-12(14)16(20)18-13-9-11(19(21)22)5-7-15(13)23-2/h4-9H,3H2,1-2H3,(H,18,20). The van der Waals surface area contributed by atoms with Gasteiger partial charge in [-0.1, -0.05) is 15.9 Å². The molecule has 0 bridgehead atoms. The molecule has 0 heterocycles. The number of halogens is 1.